The molecule has 0 saturated heterocycles. The number of hydrogen-bond donors (Lipinski definition) is 0. The van der Waals surface area contributed by atoms with Gasteiger partial charge in [-0.3, -0.25) is 4.90 Å². The zero-order chi connectivity index (χ0) is 13.4. The highest BCUT2D eigenvalue weighted by Gasteiger charge is 2.04. The van der Waals surface area contributed by atoms with Crippen LogP contribution in [0.4, 0.5) is 0 Å². The van der Waals surface area contributed by atoms with Crippen molar-refractivity contribution >= 4 is 0 Å². The van der Waals surface area contributed by atoms with Crippen molar-refractivity contribution in [3.8, 4) is 0 Å². The molecule has 0 unspecified atom stereocenters. The van der Waals surface area contributed by atoms with Gasteiger partial charge < -0.3 is 0 Å². The first-order valence-corrected chi connectivity index (χ1v) is 6.17. The molecule has 0 bridgehead atoms. The van der Waals surface area contributed by atoms with E-state index >= 15 is 0 Å². The third-order valence-electron chi connectivity index (χ3n) is 2.92. The Bertz CT molecular complexity index is 339. The molecule has 0 aliphatic rings. The molecular formula is C16H27N. The topological polar surface area (TPSA) is 3.24 Å². The molecule has 0 spiro atoms. The third-order valence-corrected chi connectivity index (χ3v) is 2.92. The van der Waals surface area contributed by atoms with Gasteiger partial charge in [0.1, 0.15) is 0 Å². The highest BCUT2D eigenvalue weighted by atomic mass is 15.1. The molecule has 0 heterocycles. The summed E-state index contributed by atoms with van der Waals surface area (Å²) in [5.41, 5.74) is 5.29. The fourth-order valence-corrected chi connectivity index (χ4v) is 1.43. The lowest BCUT2D eigenvalue weighted by Gasteiger charge is -2.19. The Hall–Kier alpha value is -1.08. The average Bonchev–Trinajstić information content (AvgIpc) is 2.25. The molecule has 96 valence electrons. The van der Waals surface area contributed by atoms with Gasteiger partial charge in [-0.25, -0.2) is 0 Å². The molecule has 0 aromatic rings. The van der Waals surface area contributed by atoms with Crippen LogP contribution in [0.3, 0.4) is 0 Å². The predicted octanol–water partition coefficient (Wildman–Crippen LogP) is 4.35. The second-order valence-corrected chi connectivity index (χ2v) is 4.93. The van der Waals surface area contributed by atoms with Crippen LogP contribution < -0.4 is 0 Å². The highest BCUT2D eigenvalue weighted by Crippen LogP contribution is 2.10. The largest absolute Gasteiger partial charge is 0.298 e. The molecule has 0 N–H and O–H groups in total. The van der Waals surface area contributed by atoms with Crippen LogP contribution in [0.15, 0.2) is 47.1 Å². The van der Waals surface area contributed by atoms with Gasteiger partial charge in [0.2, 0.25) is 0 Å². The smallest absolute Gasteiger partial charge is 0.0230 e. The molecule has 0 atom stereocenters. The standard InChI is InChI=1S/C16H27N/c1-8-9-10-14(4)16(6)12-17(7)11-15(5)13(2)3/h8-10H,6,11-12H2,1-5,7H3/b9-8-,14-10-. The molecule has 0 aromatic heterocycles. The Morgan fingerprint density at radius 2 is 1.71 bits per heavy atom. The summed E-state index contributed by atoms with van der Waals surface area (Å²) in [6.45, 7) is 16.7. The van der Waals surface area contributed by atoms with Crippen LogP contribution in [0.5, 0.6) is 0 Å². The van der Waals surface area contributed by atoms with E-state index in [1.165, 1.54) is 22.3 Å². The Kier molecular flexibility index (Phi) is 7.56. The molecule has 0 saturated carbocycles. The van der Waals surface area contributed by atoms with Crippen molar-refractivity contribution in [2.75, 3.05) is 20.1 Å². The van der Waals surface area contributed by atoms with E-state index in [1.54, 1.807) is 0 Å². The van der Waals surface area contributed by atoms with Gasteiger partial charge in [-0.1, -0.05) is 36.0 Å². The monoisotopic (exact) mass is 233 g/mol. The summed E-state index contributed by atoms with van der Waals surface area (Å²) < 4.78 is 0. The summed E-state index contributed by atoms with van der Waals surface area (Å²) in [4.78, 5) is 2.30. The number of rotatable bonds is 6. The van der Waals surface area contributed by atoms with Crippen molar-refractivity contribution < 1.29 is 0 Å². The summed E-state index contributed by atoms with van der Waals surface area (Å²) in [5, 5.41) is 0. The number of hydrogen-bond acceptors (Lipinski definition) is 1. The number of likely N-dealkylation sites (N-methyl/N-ethyl adjacent to an activating group) is 1. The fraction of sp³-hybridized carbons (Fsp3) is 0.500. The molecule has 17 heavy (non-hydrogen) atoms. The van der Waals surface area contributed by atoms with Crippen LogP contribution in [-0.2, 0) is 0 Å². The Morgan fingerprint density at radius 1 is 1.12 bits per heavy atom. The maximum atomic E-state index is 4.14. The lowest BCUT2D eigenvalue weighted by Crippen LogP contribution is -2.23. The molecule has 0 fully saturated rings. The summed E-state index contributed by atoms with van der Waals surface area (Å²) >= 11 is 0. The quantitative estimate of drug-likeness (QED) is 0.487. The van der Waals surface area contributed by atoms with Crippen LogP contribution in [-0.4, -0.2) is 25.0 Å². The zero-order valence-electron chi connectivity index (χ0n) is 12.3. The van der Waals surface area contributed by atoms with Crippen molar-refractivity contribution in [1.29, 1.82) is 0 Å². The second-order valence-electron chi connectivity index (χ2n) is 4.93. The highest BCUT2D eigenvalue weighted by molar-refractivity contribution is 5.30. The predicted molar refractivity (Wildman–Crippen MR) is 79.3 cm³/mol. The van der Waals surface area contributed by atoms with E-state index in [9.17, 15) is 0 Å². The van der Waals surface area contributed by atoms with Crippen molar-refractivity contribution in [2.24, 2.45) is 0 Å². The Morgan fingerprint density at radius 3 is 2.18 bits per heavy atom. The average molecular weight is 233 g/mol. The van der Waals surface area contributed by atoms with Crippen LogP contribution in [0.25, 0.3) is 0 Å². The fourth-order valence-electron chi connectivity index (χ4n) is 1.43. The Balaban J connectivity index is 4.36. The first-order chi connectivity index (χ1) is 7.88. The Labute approximate surface area is 107 Å². The van der Waals surface area contributed by atoms with Crippen LogP contribution in [0.2, 0.25) is 0 Å². The first-order valence-electron chi connectivity index (χ1n) is 6.17. The van der Waals surface area contributed by atoms with Crippen LogP contribution >= 0.6 is 0 Å². The zero-order valence-corrected chi connectivity index (χ0v) is 12.3. The van der Waals surface area contributed by atoms with Crippen molar-refractivity contribution in [1.82, 2.24) is 4.90 Å². The van der Waals surface area contributed by atoms with Crippen molar-refractivity contribution in [3.05, 3.63) is 47.1 Å². The van der Waals surface area contributed by atoms with Crippen molar-refractivity contribution in [3.63, 3.8) is 0 Å². The molecule has 0 radical (unpaired) electrons. The van der Waals surface area contributed by atoms with Crippen LogP contribution in [0, 0.1) is 0 Å². The normalized spacial score (nSPS) is 12.3. The molecule has 0 amide bonds. The van der Waals surface area contributed by atoms with E-state index in [1.807, 2.05) is 13.0 Å². The third kappa shape index (κ3) is 6.96. The van der Waals surface area contributed by atoms with E-state index in [0.29, 0.717) is 0 Å². The molecule has 1 nitrogen and oxygen atoms in total. The van der Waals surface area contributed by atoms with E-state index < -0.39 is 0 Å². The SMILES string of the molecule is C=C(CN(C)CC(C)=C(C)C)/C(C)=C\C=C/C. The van der Waals surface area contributed by atoms with Gasteiger partial charge in [0.05, 0.1) is 0 Å². The van der Waals surface area contributed by atoms with Gasteiger partial charge in [-0.15, -0.1) is 0 Å². The minimum absolute atomic E-state index is 0.921. The summed E-state index contributed by atoms with van der Waals surface area (Å²) in [6, 6.07) is 0. The number of nitrogens with zero attached hydrogens (tertiary/aromatic N) is 1. The van der Waals surface area contributed by atoms with Crippen molar-refractivity contribution in [2.45, 2.75) is 34.6 Å². The van der Waals surface area contributed by atoms with Gasteiger partial charge in [-0.05, 0) is 52.8 Å². The van der Waals surface area contributed by atoms with Gasteiger partial charge in [0.25, 0.3) is 0 Å². The molecule has 0 aliphatic carbocycles. The number of allylic oxidation sites excluding steroid dienone is 4. The molecule has 0 aliphatic heterocycles. The minimum atomic E-state index is 0.921. The second kappa shape index (κ2) is 8.08. The van der Waals surface area contributed by atoms with Gasteiger partial charge in [-0.2, -0.15) is 0 Å². The molecular weight excluding hydrogens is 206 g/mol. The van der Waals surface area contributed by atoms with Gasteiger partial charge in [0.15, 0.2) is 0 Å². The lowest BCUT2D eigenvalue weighted by molar-refractivity contribution is 0.394. The maximum Gasteiger partial charge on any atom is 0.0230 e. The van der Waals surface area contributed by atoms with E-state index in [4.69, 9.17) is 0 Å². The summed E-state index contributed by atoms with van der Waals surface area (Å²) in [5.74, 6) is 0. The molecule has 0 rings (SSSR count). The minimum Gasteiger partial charge on any atom is -0.298 e. The first kappa shape index (κ1) is 15.9. The lowest BCUT2D eigenvalue weighted by atomic mass is 10.1. The van der Waals surface area contributed by atoms with E-state index in [2.05, 4.69) is 58.4 Å². The van der Waals surface area contributed by atoms with Gasteiger partial charge in [0, 0.05) is 13.1 Å². The van der Waals surface area contributed by atoms with Gasteiger partial charge >= 0.3 is 0 Å². The maximum absolute atomic E-state index is 4.14. The summed E-state index contributed by atoms with van der Waals surface area (Å²) in [6.07, 6.45) is 6.21. The van der Waals surface area contributed by atoms with E-state index in [-0.39, 0.29) is 0 Å². The molecule has 0 aromatic carbocycles. The van der Waals surface area contributed by atoms with E-state index in [0.717, 1.165) is 13.1 Å². The molecule has 1 heteroatoms. The van der Waals surface area contributed by atoms with Crippen LogP contribution in [0.1, 0.15) is 34.6 Å². The summed E-state index contributed by atoms with van der Waals surface area (Å²) in [7, 11) is 2.14.